The second-order valence-corrected chi connectivity index (χ2v) is 6.07. The second kappa shape index (κ2) is 6.68. The molecule has 4 nitrogen and oxygen atoms in total. The van der Waals surface area contributed by atoms with Crippen molar-refractivity contribution in [3.63, 3.8) is 0 Å². The number of hydrogen-bond donors (Lipinski definition) is 1. The molecule has 1 N–H and O–H groups in total. The van der Waals surface area contributed by atoms with Gasteiger partial charge >= 0.3 is 6.18 Å². The smallest absolute Gasteiger partial charge is 0.381 e. The summed E-state index contributed by atoms with van der Waals surface area (Å²) in [4.78, 5) is 14.4. The molecule has 0 spiro atoms. The molecule has 1 aromatic rings. The van der Waals surface area contributed by atoms with Gasteiger partial charge in [-0.2, -0.15) is 13.2 Å². The minimum Gasteiger partial charge on any atom is -0.381 e. The quantitative estimate of drug-likeness (QED) is 0.853. The maximum atomic E-state index is 13.6. The molecule has 2 aliphatic rings. The van der Waals surface area contributed by atoms with Gasteiger partial charge in [0.05, 0.1) is 11.6 Å². The number of alkyl halides is 3. The first-order valence-electron chi connectivity index (χ1n) is 7.87. The van der Waals surface area contributed by atoms with E-state index in [0.29, 0.717) is 31.8 Å². The number of nitrogens with zero attached hydrogens (tertiary/aromatic N) is 1. The molecule has 0 aromatic heterocycles. The van der Waals surface area contributed by atoms with Gasteiger partial charge < -0.3 is 10.1 Å². The SMILES string of the molecule is O=C(Nc1ccc(C(F)(F)F)c(F)c1)[C@@H]1CCN1C1CCOCC1.[HH]. The molecule has 134 valence electrons. The monoisotopic (exact) mass is 348 g/mol. The van der Waals surface area contributed by atoms with Gasteiger partial charge in [0.15, 0.2) is 0 Å². The summed E-state index contributed by atoms with van der Waals surface area (Å²) in [5.74, 6) is -1.71. The third-order valence-corrected chi connectivity index (χ3v) is 4.57. The number of halogens is 4. The number of carbonyl (C=O) groups excluding carboxylic acids is 1. The second-order valence-electron chi connectivity index (χ2n) is 6.07. The zero-order chi connectivity index (χ0) is 17.3. The Labute approximate surface area is 138 Å². The third-order valence-electron chi connectivity index (χ3n) is 4.57. The summed E-state index contributed by atoms with van der Waals surface area (Å²) >= 11 is 0. The largest absolute Gasteiger partial charge is 0.419 e. The van der Waals surface area contributed by atoms with Crippen LogP contribution < -0.4 is 5.32 Å². The summed E-state index contributed by atoms with van der Waals surface area (Å²) in [6.07, 6.45) is -2.34. The van der Waals surface area contributed by atoms with Crippen molar-refractivity contribution in [1.29, 1.82) is 0 Å². The number of amides is 1. The van der Waals surface area contributed by atoms with Gasteiger partial charge in [0, 0.05) is 32.9 Å². The fraction of sp³-hybridized carbons (Fsp3) is 0.562. The predicted octanol–water partition coefficient (Wildman–Crippen LogP) is 3.28. The molecular formula is C16H20F4N2O2. The van der Waals surface area contributed by atoms with Gasteiger partial charge in [-0.05, 0) is 37.5 Å². The van der Waals surface area contributed by atoms with Crippen molar-refractivity contribution in [2.24, 2.45) is 0 Å². The van der Waals surface area contributed by atoms with Crippen molar-refractivity contribution in [2.45, 2.75) is 37.5 Å². The van der Waals surface area contributed by atoms with Crippen LogP contribution in [0.15, 0.2) is 18.2 Å². The van der Waals surface area contributed by atoms with Crippen LogP contribution in [0.4, 0.5) is 23.2 Å². The summed E-state index contributed by atoms with van der Waals surface area (Å²) in [6.45, 7) is 2.14. The highest BCUT2D eigenvalue weighted by Crippen LogP contribution is 2.33. The number of carbonyl (C=O) groups is 1. The van der Waals surface area contributed by atoms with E-state index in [9.17, 15) is 22.4 Å². The summed E-state index contributed by atoms with van der Waals surface area (Å²) in [5.41, 5.74) is -1.31. The lowest BCUT2D eigenvalue weighted by Gasteiger charge is -2.46. The van der Waals surface area contributed by atoms with E-state index < -0.39 is 17.6 Å². The van der Waals surface area contributed by atoms with Crippen LogP contribution in [0, 0.1) is 5.82 Å². The first-order valence-corrected chi connectivity index (χ1v) is 7.87. The Morgan fingerprint density at radius 1 is 1.25 bits per heavy atom. The van der Waals surface area contributed by atoms with Gasteiger partial charge in [0.1, 0.15) is 5.82 Å². The van der Waals surface area contributed by atoms with E-state index in [-0.39, 0.29) is 25.1 Å². The Balaban J connectivity index is 0.00000225. The van der Waals surface area contributed by atoms with Crippen molar-refractivity contribution in [1.82, 2.24) is 4.90 Å². The van der Waals surface area contributed by atoms with E-state index in [0.717, 1.165) is 25.5 Å². The Morgan fingerprint density at radius 2 is 1.96 bits per heavy atom. The van der Waals surface area contributed by atoms with E-state index in [1.807, 2.05) is 0 Å². The fourth-order valence-corrected chi connectivity index (χ4v) is 3.19. The van der Waals surface area contributed by atoms with Crippen molar-refractivity contribution in [3.8, 4) is 0 Å². The lowest BCUT2D eigenvalue weighted by molar-refractivity contribution is -0.140. The summed E-state index contributed by atoms with van der Waals surface area (Å²) in [6, 6.07) is 2.38. The fourth-order valence-electron chi connectivity index (χ4n) is 3.19. The zero-order valence-corrected chi connectivity index (χ0v) is 12.9. The molecule has 2 fully saturated rings. The molecule has 1 aromatic carbocycles. The van der Waals surface area contributed by atoms with Crippen LogP contribution in [0.3, 0.4) is 0 Å². The zero-order valence-electron chi connectivity index (χ0n) is 12.9. The molecule has 0 unspecified atom stereocenters. The molecule has 0 aliphatic carbocycles. The number of benzene rings is 1. The standard InChI is InChI=1S/C16H18F4N2O2.H2/c17-13-9-10(1-2-12(13)16(18,19)20)21-15(23)14-3-6-22(14)11-4-7-24-8-5-11;/h1-2,9,11,14H,3-8H2,(H,21,23);1H/t14-;/m0./s1. The lowest BCUT2D eigenvalue weighted by Crippen LogP contribution is -2.59. The number of ether oxygens (including phenoxy) is 1. The van der Waals surface area contributed by atoms with Gasteiger partial charge in [-0.1, -0.05) is 0 Å². The Kier molecular flexibility index (Phi) is 4.78. The number of hydrogen-bond acceptors (Lipinski definition) is 3. The topological polar surface area (TPSA) is 41.6 Å². The van der Waals surface area contributed by atoms with Crippen molar-refractivity contribution in [3.05, 3.63) is 29.6 Å². The summed E-state index contributed by atoms with van der Waals surface area (Å²) in [7, 11) is 0. The molecule has 1 amide bonds. The van der Waals surface area contributed by atoms with Crippen molar-refractivity contribution in [2.75, 3.05) is 25.1 Å². The number of likely N-dealkylation sites (tertiary alicyclic amines) is 1. The molecule has 0 bridgehead atoms. The van der Waals surface area contributed by atoms with Crippen molar-refractivity contribution >= 4 is 11.6 Å². The number of rotatable bonds is 3. The van der Waals surface area contributed by atoms with Crippen LogP contribution in [-0.2, 0) is 15.7 Å². The molecule has 0 radical (unpaired) electrons. The van der Waals surface area contributed by atoms with Gasteiger partial charge in [-0.25, -0.2) is 4.39 Å². The summed E-state index contributed by atoms with van der Waals surface area (Å²) in [5, 5.41) is 2.51. The van der Waals surface area contributed by atoms with E-state index in [4.69, 9.17) is 4.74 Å². The Hall–Kier alpha value is -1.67. The molecule has 8 heteroatoms. The van der Waals surface area contributed by atoms with E-state index in [2.05, 4.69) is 10.2 Å². The van der Waals surface area contributed by atoms with Crippen LogP contribution >= 0.6 is 0 Å². The molecule has 1 atom stereocenters. The minimum absolute atomic E-state index is 0. The average Bonchev–Trinajstić information content (AvgIpc) is 2.45. The third kappa shape index (κ3) is 3.54. The van der Waals surface area contributed by atoms with E-state index >= 15 is 0 Å². The molecule has 2 heterocycles. The van der Waals surface area contributed by atoms with Gasteiger partial charge in [0.2, 0.25) is 5.91 Å². The van der Waals surface area contributed by atoms with E-state index in [1.165, 1.54) is 0 Å². The minimum atomic E-state index is -4.75. The molecule has 0 saturated carbocycles. The lowest BCUT2D eigenvalue weighted by atomic mass is 9.95. The highest BCUT2D eigenvalue weighted by molar-refractivity contribution is 5.95. The van der Waals surface area contributed by atoms with Crippen LogP contribution in [0.5, 0.6) is 0 Å². The number of nitrogens with one attached hydrogen (secondary N) is 1. The highest BCUT2D eigenvalue weighted by atomic mass is 19.4. The van der Waals surface area contributed by atoms with Crippen LogP contribution in [0.25, 0.3) is 0 Å². The summed E-state index contributed by atoms with van der Waals surface area (Å²) < 4.78 is 56.5. The maximum absolute atomic E-state index is 13.6. The molecule has 24 heavy (non-hydrogen) atoms. The predicted molar refractivity (Wildman–Crippen MR) is 81.1 cm³/mol. The van der Waals surface area contributed by atoms with E-state index in [1.54, 1.807) is 0 Å². The van der Waals surface area contributed by atoms with Crippen LogP contribution in [0.2, 0.25) is 0 Å². The number of anilines is 1. The van der Waals surface area contributed by atoms with Gasteiger partial charge in [-0.3, -0.25) is 9.69 Å². The van der Waals surface area contributed by atoms with Crippen LogP contribution in [0.1, 0.15) is 26.3 Å². The normalized spacial score (nSPS) is 22.9. The maximum Gasteiger partial charge on any atom is 0.419 e. The molecule has 2 saturated heterocycles. The Morgan fingerprint density at radius 3 is 2.50 bits per heavy atom. The average molecular weight is 348 g/mol. The molecular weight excluding hydrogens is 328 g/mol. The Bertz CT molecular complexity index is 621. The van der Waals surface area contributed by atoms with Crippen LogP contribution in [-0.4, -0.2) is 42.6 Å². The van der Waals surface area contributed by atoms with Crippen molar-refractivity contribution < 1.29 is 28.5 Å². The molecule has 2 aliphatic heterocycles. The highest BCUT2D eigenvalue weighted by Gasteiger charge is 2.39. The van der Waals surface area contributed by atoms with Gasteiger partial charge in [-0.15, -0.1) is 0 Å². The van der Waals surface area contributed by atoms with Gasteiger partial charge in [0.25, 0.3) is 0 Å². The first kappa shape index (κ1) is 17.2. The first-order chi connectivity index (χ1) is 11.4. The molecule has 3 rings (SSSR count).